The normalized spacial score (nSPS) is 20.8. The van der Waals surface area contributed by atoms with E-state index in [1.54, 1.807) is 12.4 Å². The standard InChI is InChI=1S/C28H34N8O2/c1-35-13-15-36(16-14-35)21-4-2-20(3-5-21)31-27-24(25(29)37)33-23(19-6-11-30-12-7-19)26(34-27)32-22-8-17-38-18-28(22)9-10-28/h2-7,11-12,22H,8-10,13-18H2,1H3,(H2,29,37)(H2,31,32,34). The molecule has 1 aromatic carbocycles. The van der Waals surface area contributed by atoms with Crippen LogP contribution in [0.4, 0.5) is 23.0 Å². The van der Waals surface area contributed by atoms with Gasteiger partial charge >= 0.3 is 0 Å². The SMILES string of the molecule is CN1CCN(c2ccc(Nc3nc(NC4CCOCC45CC5)c(-c4ccncc4)nc3C(N)=O)cc2)CC1. The van der Waals surface area contributed by atoms with Crippen LogP contribution < -0.4 is 21.3 Å². The van der Waals surface area contributed by atoms with Crippen molar-refractivity contribution in [1.29, 1.82) is 0 Å². The molecule has 1 amide bonds. The number of amides is 1. The minimum absolute atomic E-state index is 0.0959. The highest BCUT2D eigenvalue weighted by atomic mass is 16.5. The van der Waals surface area contributed by atoms with E-state index in [2.05, 4.69) is 44.6 Å². The van der Waals surface area contributed by atoms with Crippen molar-refractivity contribution in [3.05, 3.63) is 54.5 Å². The van der Waals surface area contributed by atoms with Crippen molar-refractivity contribution < 1.29 is 9.53 Å². The molecule has 3 aliphatic rings. The van der Waals surface area contributed by atoms with Crippen LogP contribution in [0.5, 0.6) is 0 Å². The third-order valence-corrected chi connectivity index (χ3v) is 7.96. The third kappa shape index (κ3) is 5.01. The number of hydrogen-bond donors (Lipinski definition) is 3. The molecule has 1 atom stereocenters. The van der Waals surface area contributed by atoms with Crippen molar-refractivity contribution in [2.75, 3.05) is 62.0 Å². The van der Waals surface area contributed by atoms with E-state index in [0.29, 0.717) is 23.9 Å². The quantitative estimate of drug-likeness (QED) is 0.437. The minimum Gasteiger partial charge on any atom is -0.381 e. The van der Waals surface area contributed by atoms with Crippen LogP contribution in [0.3, 0.4) is 0 Å². The molecule has 2 saturated heterocycles. The first kappa shape index (κ1) is 24.6. The maximum atomic E-state index is 12.5. The number of nitrogens with zero attached hydrogens (tertiary/aromatic N) is 5. The van der Waals surface area contributed by atoms with Crippen LogP contribution in [0.2, 0.25) is 0 Å². The molecule has 1 unspecified atom stereocenters. The summed E-state index contributed by atoms with van der Waals surface area (Å²) >= 11 is 0. The summed E-state index contributed by atoms with van der Waals surface area (Å²) in [5, 5.41) is 6.98. The van der Waals surface area contributed by atoms with Gasteiger partial charge in [0, 0.05) is 73.6 Å². The van der Waals surface area contributed by atoms with Gasteiger partial charge in [0.2, 0.25) is 0 Å². The fourth-order valence-corrected chi connectivity index (χ4v) is 5.39. The van der Waals surface area contributed by atoms with Crippen LogP contribution in [-0.2, 0) is 4.74 Å². The van der Waals surface area contributed by atoms with E-state index in [0.717, 1.165) is 63.3 Å². The lowest BCUT2D eigenvalue weighted by atomic mass is 9.92. The number of nitrogens with one attached hydrogen (secondary N) is 2. The Kier molecular flexibility index (Phi) is 6.59. The summed E-state index contributed by atoms with van der Waals surface area (Å²) in [6, 6.07) is 12.1. The zero-order valence-corrected chi connectivity index (χ0v) is 21.7. The van der Waals surface area contributed by atoms with E-state index in [1.807, 2.05) is 24.3 Å². The molecule has 10 heteroatoms. The zero-order chi connectivity index (χ0) is 26.1. The molecule has 3 fully saturated rings. The molecule has 1 saturated carbocycles. The van der Waals surface area contributed by atoms with E-state index in [4.69, 9.17) is 20.4 Å². The van der Waals surface area contributed by atoms with Crippen LogP contribution in [0, 0.1) is 5.41 Å². The Morgan fingerprint density at radius 1 is 1.03 bits per heavy atom. The largest absolute Gasteiger partial charge is 0.381 e. The van der Waals surface area contributed by atoms with Crippen molar-refractivity contribution in [1.82, 2.24) is 19.9 Å². The number of rotatable bonds is 7. The molecule has 0 radical (unpaired) electrons. The maximum Gasteiger partial charge on any atom is 0.271 e. The van der Waals surface area contributed by atoms with Crippen LogP contribution in [0.1, 0.15) is 29.8 Å². The first-order valence-corrected chi connectivity index (χ1v) is 13.3. The predicted octanol–water partition coefficient (Wildman–Crippen LogP) is 3.11. The Morgan fingerprint density at radius 2 is 1.76 bits per heavy atom. The van der Waals surface area contributed by atoms with E-state index in [9.17, 15) is 4.79 Å². The Hall–Kier alpha value is -3.76. The number of pyridine rings is 1. The highest BCUT2D eigenvalue weighted by Crippen LogP contribution is 2.52. The summed E-state index contributed by atoms with van der Waals surface area (Å²) < 4.78 is 5.78. The maximum absolute atomic E-state index is 12.5. The number of carbonyl (C=O) groups excluding carboxylic acids is 1. The molecule has 1 aliphatic carbocycles. The van der Waals surface area contributed by atoms with E-state index >= 15 is 0 Å². The van der Waals surface area contributed by atoms with Crippen molar-refractivity contribution in [3.8, 4) is 11.3 Å². The first-order valence-electron chi connectivity index (χ1n) is 13.3. The van der Waals surface area contributed by atoms with E-state index < -0.39 is 5.91 Å². The number of anilines is 4. The number of benzene rings is 1. The van der Waals surface area contributed by atoms with Crippen LogP contribution in [0.25, 0.3) is 11.3 Å². The van der Waals surface area contributed by atoms with E-state index in [-0.39, 0.29) is 17.2 Å². The molecule has 3 aromatic rings. The molecule has 10 nitrogen and oxygen atoms in total. The summed E-state index contributed by atoms with van der Waals surface area (Å²) in [5.74, 6) is 0.318. The number of ether oxygens (including phenoxy) is 1. The van der Waals surface area contributed by atoms with Gasteiger partial charge in [-0.15, -0.1) is 0 Å². The number of hydrogen-bond acceptors (Lipinski definition) is 9. The van der Waals surface area contributed by atoms with Crippen LogP contribution in [0.15, 0.2) is 48.8 Å². The average Bonchev–Trinajstić information content (AvgIpc) is 3.71. The molecule has 6 rings (SSSR count). The third-order valence-electron chi connectivity index (χ3n) is 7.96. The van der Waals surface area contributed by atoms with Crippen molar-refractivity contribution in [2.45, 2.75) is 25.3 Å². The lowest BCUT2D eigenvalue weighted by molar-refractivity contribution is 0.0351. The Bertz CT molecular complexity index is 1290. The van der Waals surface area contributed by atoms with Gasteiger partial charge in [-0.3, -0.25) is 9.78 Å². The summed E-state index contributed by atoms with van der Waals surface area (Å²) in [7, 11) is 2.15. The fraction of sp³-hybridized carbons (Fsp3) is 0.429. The number of likely N-dealkylation sites (N-methyl/N-ethyl adjacent to an activating group) is 1. The summed E-state index contributed by atoms with van der Waals surface area (Å²) in [5.41, 5.74) is 9.42. The topological polar surface area (TPSA) is 122 Å². The van der Waals surface area contributed by atoms with Crippen molar-refractivity contribution >= 4 is 28.9 Å². The number of primary amides is 1. The van der Waals surface area contributed by atoms with Gasteiger partial charge in [-0.25, -0.2) is 9.97 Å². The van der Waals surface area contributed by atoms with Crippen molar-refractivity contribution in [2.24, 2.45) is 11.1 Å². The number of carbonyl (C=O) groups is 1. The van der Waals surface area contributed by atoms with Gasteiger partial charge in [0.05, 0.1) is 6.61 Å². The van der Waals surface area contributed by atoms with E-state index in [1.165, 1.54) is 5.69 Å². The smallest absolute Gasteiger partial charge is 0.271 e. The van der Waals surface area contributed by atoms with Crippen molar-refractivity contribution in [3.63, 3.8) is 0 Å². The van der Waals surface area contributed by atoms with Crippen LogP contribution in [-0.4, -0.2) is 78.2 Å². The zero-order valence-electron chi connectivity index (χ0n) is 21.7. The Labute approximate surface area is 222 Å². The number of nitrogens with two attached hydrogens (primary N) is 1. The molecular weight excluding hydrogens is 480 g/mol. The second-order valence-corrected chi connectivity index (χ2v) is 10.6. The molecule has 2 aromatic heterocycles. The van der Waals surface area contributed by atoms with Crippen LogP contribution >= 0.6 is 0 Å². The summed E-state index contributed by atoms with van der Waals surface area (Å²) in [4.78, 5) is 31.0. The van der Waals surface area contributed by atoms with Gasteiger partial charge in [0.15, 0.2) is 17.3 Å². The Balaban J connectivity index is 1.32. The highest BCUT2D eigenvalue weighted by molar-refractivity contribution is 5.97. The first-order chi connectivity index (χ1) is 18.5. The van der Waals surface area contributed by atoms with Gasteiger partial charge in [-0.1, -0.05) is 0 Å². The van der Waals surface area contributed by atoms with Gasteiger partial charge < -0.3 is 30.9 Å². The molecular formula is C28H34N8O2. The number of aromatic nitrogens is 3. The van der Waals surface area contributed by atoms with Gasteiger partial charge in [-0.05, 0) is 62.7 Å². The summed E-state index contributed by atoms with van der Waals surface area (Å²) in [6.07, 6.45) is 6.57. The van der Waals surface area contributed by atoms with Gasteiger partial charge in [0.1, 0.15) is 5.69 Å². The second kappa shape index (κ2) is 10.2. The second-order valence-electron chi connectivity index (χ2n) is 10.6. The van der Waals surface area contributed by atoms with Gasteiger partial charge in [-0.2, -0.15) is 0 Å². The lowest BCUT2D eigenvalue weighted by Gasteiger charge is -2.34. The molecule has 198 valence electrons. The molecule has 0 bridgehead atoms. The highest BCUT2D eigenvalue weighted by Gasteiger charge is 2.51. The minimum atomic E-state index is -0.638. The number of piperazine rings is 1. The fourth-order valence-electron chi connectivity index (χ4n) is 5.39. The molecule has 38 heavy (non-hydrogen) atoms. The molecule has 1 spiro atoms. The monoisotopic (exact) mass is 514 g/mol. The lowest BCUT2D eigenvalue weighted by Crippen LogP contribution is -2.44. The molecule has 2 aliphatic heterocycles. The summed E-state index contributed by atoms with van der Waals surface area (Å²) in [6.45, 7) is 5.56. The van der Waals surface area contributed by atoms with Gasteiger partial charge in [0.25, 0.3) is 5.91 Å². The Morgan fingerprint density at radius 3 is 2.45 bits per heavy atom. The molecule has 4 heterocycles. The molecule has 4 N–H and O–H groups in total. The average molecular weight is 515 g/mol. The predicted molar refractivity (Wildman–Crippen MR) is 148 cm³/mol.